The second-order valence-electron chi connectivity index (χ2n) is 8.40. The molecule has 0 spiro atoms. The Hall–Kier alpha value is -3.51. The van der Waals surface area contributed by atoms with Crippen molar-refractivity contribution in [2.45, 2.75) is 50.6 Å². The summed E-state index contributed by atoms with van der Waals surface area (Å²) in [5.41, 5.74) is -1.57. The van der Waals surface area contributed by atoms with Gasteiger partial charge in [-0.15, -0.1) is 0 Å². The van der Waals surface area contributed by atoms with Gasteiger partial charge in [-0.3, -0.25) is 29.4 Å². The van der Waals surface area contributed by atoms with Crippen molar-refractivity contribution in [1.82, 2.24) is 10.2 Å². The van der Waals surface area contributed by atoms with Crippen molar-refractivity contribution in [2.24, 2.45) is 11.8 Å². The predicted octanol–water partition coefficient (Wildman–Crippen LogP) is 2.24. The summed E-state index contributed by atoms with van der Waals surface area (Å²) in [6.07, 6.45) is 6.38. The van der Waals surface area contributed by atoms with E-state index in [9.17, 15) is 34.7 Å². The summed E-state index contributed by atoms with van der Waals surface area (Å²) >= 11 is 0. The first kappa shape index (κ1) is 24.1. The highest BCUT2D eigenvalue weighted by atomic mass is 16.4. The molecule has 1 aromatic rings. The summed E-state index contributed by atoms with van der Waals surface area (Å²) in [7, 11) is 0. The molecular weight excluding hydrogens is 426 g/mol. The van der Waals surface area contributed by atoms with Gasteiger partial charge in [0.2, 0.25) is 11.8 Å². The molecule has 0 bridgehead atoms. The maximum absolute atomic E-state index is 13.4. The monoisotopic (exact) mass is 453 g/mol. The van der Waals surface area contributed by atoms with Crippen molar-refractivity contribution in [3.8, 4) is 6.07 Å². The molecule has 3 N–H and O–H groups in total. The number of hydrogen-bond acceptors (Lipinski definition) is 6. The minimum absolute atomic E-state index is 0.0860. The molecule has 0 aromatic heterocycles. The summed E-state index contributed by atoms with van der Waals surface area (Å²) in [5, 5.41) is 31.8. The second kappa shape index (κ2) is 9.96. The number of rotatable bonds is 10. The van der Waals surface area contributed by atoms with E-state index in [1.54, 1.807) is 18.2 Å². The standard InChI is InChI=1S/C24H27N3O6/c1-2-3-4-5-6-9-12-27-21(30)18-19(22(27)31)24(23(32)33,13-17(28)29)26-20(18)16-11-8-7-10-15(16)14-25/h5-8,10-11,18-20,26H,2-4,9,12-13H2,1H3,(H,28,29)(H,32,33). The van der Waals surface area contributed by atoms with E-state index in [4.69, 9.17) is 0 Å². The number of unbranched alkanes of at least 4 members (excludes halogenated alkanes) is 2. The van der Waals surface area contributed by atoms with Gasteiger partial charge in [0.1, 0.15) is 5.54 Å². The van der Waals surface area contributed by atoms with Gasteiger partial charge in [0.25, 0.3) is 0 Å². The highest BCUT2D eigenvalue weighted by molar-refractivity contribution is 6.10. The number of nitrogens with one attached hydrogen (secondary N) is 1. The number of carbonyl (C=O) groups is 4. The average Bonchev–Trinajstić information content (AvgIpc) is 3.25. The fraction of sp³-hybridized carbons (Fsp3) is 0.458. The number of carbonyl (C=O) groups excluding carboxylic acids is 2. The van der Waals surface area contributed by atoms with E-state index in [0.717, 1.165) is 24.2 Å². The van der Waals surface area contributed by atoms with Crippen molar-refractivity contribution in [2.75, 3.05) is 6.54 Å². The molecule has 0 radical (unpaired) electrons. The molecule has 2 aliphatic rings. The molecule has 2 fully saturated rings. The molecule has 33 heavy (non-hydrogen) atoms. The van der Waals surface area contributed by atoms with Gasteiger partial charge in [-0.2, -0.15) is 5.26 Å². The van der Waals surface area contributed by atoms with E-state index >= 15 is 0 Å². The number of carboxylic acids is 2. The third-order valence-corrected chi connectivity index (χ3v) is 6.38. The molecule has 2 heterocycles. The van der Waals surface area contributed by atoms with E-state index in [-0.39, 0.29) is 12.1 Å². The number of likely N-dealkylation sites (tertiary alicyclic amines) is 1. The lowest BCUT2D eigenvalue weighted by Crippen LogP contribution is -2.57. The van der Waals surface area contributed by atoms with E-state index < -0.39 is 53.6 Å². The third kappa shape index (κ3) is 4.39. The molecule has 3 rings (SSSR count). The van der Waals surface area contributed by atoms with Gasteiger partial charge < -0.3 is 10.2 Å². The number of amides is 2. The number of nitriles is 1. The lowest BCUT2D eigenvalue weighted by Gasteiger charge is -2.29. The van der Waals surface area contributed by atoms with Crippen molar-refractivity contribution in [1.29, 1.82) is 5.26 Å². The van der Waals surface area contributed by atoms with Crippen LogP contribution in [0.3, 0.4) is 0 Å². The van der Waals surface area contributed by atoms with E-state index in [1.807, 2.05) is 18.2 Å². The Labute approximate surface area is 191 Å². The molecule has 174 valence electrons. The summed E-state index contributed by atoms with van der Waals surface area (Å²) in [5.74, 6) is -6.67. The highest BCUT2D eigenvalue weighted by Crippen LogP contribution is 2.50. The van der Waals surface area contributed by atoms with Gasteiger partial charge in [0.05, 0.1) is 29.9 Å². The number of allylic oxidation sites excluding steroid dienone is 1. The zero-order chi connectivity index (χ0) is 24.2. The van der Waals surface area contributed by atoms with Gasteiger partial charge in [-0.05, 0) is 24.5 Å². The molecule has 1 aromatic carbocycles. The van der Waals surface area contributed by atoms with Crippen LogP contribution in [0.5, 0.6) is 0 Å². The lowest BCUT2D eigenvalue weighted by atomic mass is 9.77. The maximum Gasteiger partial charge on any atom is 0.325 e. The normalized spacial score (nSPS) is 26.5. The summed E-state index contributed by atoms with van der Waals surface area (Å²) < 4.78 is 0. The van der Waals surface area contributed by atoms with Crippen LogP contribution in [0.4, 0.5) is 0 Å². The Bertz CT molecular complexity index is 1030. The Morgan fingerprint density at radius 1 is 1.18 bits per heavy atom. The van der Waals surface area contributed by atoms with Crippen LogP contribution in [0, 0.1) is 23.2 Å². The van der Waals surface area contributed by atoms with Crippen LogP contribution in [0.25, 0.3) is 0 Å². The Balaban J connectivity index is 2.00. The van der Waals surface area contributed by atoms with Crippen molar-refractivity contribution in [3.05, 3.63) is 47.5 Å². The molecule has 0 saturated carbocycles. The van der Waals surface area contributed by atoms with Crippen LogP contribution in [-0.4, -0.2) is 50.9 Å². The van der Waals surface area contributed by atoms with Crippen LogP contribution >= 0.6 is 0 Å². The Kier molecular flexibility index (Phi) is 7.29. The fourth-order valence-electron chi connectivity index (χ4n) is 4.85. The summed E-state index contributed by atoms with van der Waals surface area (Å²) in [6.45, 7) is 2.16. The molecule has 0 aliphatic carbocycles. The van der Waals surface area contributed by atoms with Crippen LogP contribution in [0.2, 0.25) is 0 Å². The largest absolute Gasteiger partial charge is 0.481 e. The Morgan fingerprint density at radius 3 is 2.52 bits per heavy atom. The quantitative estimate of drug-likeness (QED) is 0.277. The first-order valence-corrected chi connectivity index (χ1v) is 11.0. The number of imide groups is 1. The van der Waals surface area contributed by atoms with Crippen LogP contribution in [-0.2, 0) is 19.2 Å². The molecule has 9 nitrogen and oxygen atoms in total. The summed E-state index contributed by atoms with van der Waals surface area (Å²) in [4.78, 5) is 51.7. The average molecular weight is 453 g/mol. The minimum atomic E-state index is -2.16. The number of aliphatic carboxylic acids is 2. The van der Waals surface area contributed by atoms with Crippen molar-refractivity contribution >= 4 is 23.8 Å². The number of hydrogen-bond donors (Lipinski definition) is 3. The fourth-order valence-corrected chi connectivity index (χ4v) is 4.85. The summed E-state index contributed by atoms with van der Waals surface area (Å²) in [6, 6.07) is 7.44. The molecule has 2 saturated heterocycles. The molecule has 4 unspecified atom stereocenters. The van der Waals surface area contributed by atoms with Crippen molar-refractivity contribution in [3.63, 3.8) is 0 Å². The van der Waals surface area contributed by atoms with Crippen LogP contribution in [0.15, 0.2) is 36.4 Å². The molecule has 2 aliphatic heterocycles. The number of fused-ring (bicyclic) bond motifs is 1. The second-order valence-corrected chi connectivity index (χ2v) is 8.40. The van der Waals surface area contributed by atoms with E-state index in [0.29, 0.717) is 12.0 Å². The molecule has 9 heteroatoms. The number of nitrogens with zero attached hydrogens (tertiary/aromatic N) is 2. The SMILES string of the molecule is CCCCC=CCCN1C(=O)C2C(c3ccccc3C#N)NC(CC(=O)O)(C(=O)O)C2C1=O. The third-order valence-electron chi connectivity index (χ3n) is 6.38. The van der Waals surface area contributed by atoms with Gasteiger partial charge in [-0.25, -0.2) is 0 Å². The van der Waals surface area contributed by atoms with Crippen LogP contribution in [0.1, 0.15) is 56.2 Å². The Morgan fingerprint density at radius 2 is 1.88 bits per heavy atom. The van der Waals surface area contributed by atoms with E-state index in [2.05, 4.69) is 12.2 Å². The first-order chi connectivity index (χ1) is 15.8. The molecule has 4 atom stereocenters. The van der Waals surface area contributed by atoms with Gasteiger partial charge in [0, 0.05) is 12.6 Å². The van der Waals surface area contributed by atoms with Gasteiger partial charge in [0.15, 0.2) is 0 Å². The molecular formula is C24H27N3O6. The van der Waals surface area contributed by atoms with Gasteiger partial charge in [-0.1, -0.05) is 50.1 Å². The zero-order valence-electron chi connectivity index (χ0n) is 18.4. The topological polar surface area (TPSA) is 148 Å². The predicted molar refractivity (Wildman–Crippen MR) is 117 cm³/mol. The maximum atomic E-state index is 13.4. The number of benzene rings is 1. The smallest absolute Gasteiger partial charge is 0.325 e. The highest BCUT2D eigenvalue weighted by Gasteiger charge is 2.69. The van der Waals surface area contributed by atoms with Crippen LogP contribution < -0.4 is 5.32 Å². The first-order valence-electron chi connectivity index (χ1n) is 11.0. The number of carboxylic acid groups (broad SMARTS) is 2. The van der Waals surface area contributed by atoms with Crippen molar-refractivity contribution < 1.29 is 29.4 Å². The zero-order valence-corrected chi connectivity index (χ0v) is 18.4. The molecule has 2 amide bonds. The lowest BCUT2D eigenvalue weighted by molar-refractivity contribution is -0.156. The van der Waals surface area contributed by atoms with Gasteiger partial charge >= 0.3 is 11.9 Å². The van der Waals surface area contributed by atoms with E-state index in [1.165, 1.54) is 6.07 Å². The minimum Gasteiger partial charge on any atom is -0.481 e.